The average molecular weight is 462 g/mol. The fourth-order valence-electron chi connectivity index (χ4n) is 3.05. The van der Waals surface area contributed by atoms with Gasteiger partial charge in [-0.15, -0.1) is 0 Å². The molecule has 2 aromatic rings. The number of hydrogen-bond acceptors (Lipinski definition) is 5. The van der Waals surface area contributed by atoms with Crippen LogP contribution in [0.2, 0.25) is 0 Å². The number of anilines is 1. The van der Waals surface area contributed by atoms with E-state index in [4.69, 9.17) is 4.74 Å². The van der Waals surface area contributed by atoms with Crippen LogP contribution in [-0.2, 0) is 19.6 Å². The van der Waals surface area contributed by atoms with Crippen molar-refractivity contribution < 1.29 is 22.7 Å². The molecule has 3 N–H and O–H groups in total. The number of rotatable bonds is 10. The predicted molar refractivity (Wildman–Crippen MR) is 124 cm³/mol. The van der Waals surface area contributed by atoms with Gasteiger partial charge in [-0.1, -0.05) is 29.8 Å². The van der Waals surface area contributed by atoms with Crippen LogP contribution in [0.5, 0.6) is 0 Å². The maximum absolute atomic E-state index is 12.6. The number of ether oxygens (including phenoxy) is 1. The van der Waals surface area contributed by atoms with Gasteiger partial charge >= 0.3 is 12.0 Å². The Morgan fingerprint density at radius 1 is 0.969 bits per heavy atom. The van der Waals surface area contributed by atoms with Gasteiger partial charge < -0.3 is 15.4 Å². The molecule has 32 heavy (non-hydrogen) atoms. The fourth-order valence-corrected chi connectivity index (χ4v) is 4.27. The Morgan fingerprint density at radius 2 is 1.62 bits per heavy atom. The molecule has 0 aliphatic rings. The average Bonchev–Trinajstić information content (AvgIpc) is 2.75. The second kappa shape index (κ2) is 11.6. The Kier molecular flexibility index (Phi) is 9.22. The molecule has 0 aromatic heterocycles. The van der Waals surface area contributed by atoms with Gasteiger partial charge in [0, 0.05) is 12.2 Å². The van der Waals surface area contributed by atoms with Crippen LogP contribution in [-0.4, -0.2) is 40.1 Å². The minimum Gasteiger partial charge on any atom is -0.468 e. The van der Waals surface area contributed by atoms with Gasteiger partial charge in [-0.2, -0.15) is 4.72 Å². The zero-order chi connectivity index (χ0) is 23.7. The van der Waals surface area contributed by atoms with Crippen LogP contribution in [0.3, 0.4) is 0 Å². The molecule has 2 amide bonds. The number of urea groups is 1. The largest absolute Gasteiger partial charge is 0.468 e. The van der Waals surface area contributed by atoms with Gasteiger partial charge in [-0.05, 0) is 69.4 Å². The molecule has 0 heterocycles. The highest BCUT2D eigenvalue weighted by atomic mass is 32.2. The topological polar surface area (TPSA) is 114 Å². The molecule has 1 atom stereocenters. The Morgan fingerprint density at radius 3 is 2.28 bits per heavy atom. The molecule has 0 saturated carbocycles. The van der Waals surface area contributed by atoms with E-state index in [1.807, 2.05) is 39.0 Å². The van der Waals surface area contributed by atoms with Gasteiger partial charge in [0.15, 0.2) is 0 Å². The van der Waals surface area contributed by atoms with E-state index in [0.29, 0.717) is 19.4 Å². The number of methoxy groups -OCH3 is 1. The van der Waals surface area contributed by atoms with E-state index < -0.39 is 22.0 Å². The van der Waals surface area contributed by atoms with Crippen LogP contribution >= 0.6 is 0 Å². The van der Waals surface area contributed by atoms with E-state index in [2.05, 4.69) is 15.4 Å². The first kappa shape index (κ1) is 25.4. The minimum atomic E-state index is -3.86. The first-order chi connectivity index (χ1) is 15.1. The predicted octanol–water partition coefficient (Wildman–Crippen LogP) is 3.42. The minimum absolute atomic E-state index is 0.0850. The molecular weight excluding hydrogens is 430 g/mol. The third-order valence-corrected chi connectivity index (χ3v) is 6.45. The summed E-state index contributed by atoms with van der Waals surface area (Å²) in [6.07, 6.45) is 1.33. The van der Waals surface area contributed by atoms with E-state index in [-0.39, 0.29) is 17.3 Å². The van der Waals surface area contributed by atoms with Crippen molar-refractivity contribution in [3.8, 4) is 0 Å². The number of carbonyl (C=O) groups excluding carboxylic acids is 2. The quantitative estimate of drug-likeness (QED) is 0.371. The smallest absolute Gasteiger partial charge is 0.323 e. The molecule has 1 unspecified atom stereocenters. The molecule has 0 aliphatic carbocycles. The Balaban J connectivity index is 1.83. The third kappa shape index (κ3) is 7.65. The lowest BCUT2D eigenvalue weighted by atomic mass is 10.1. The van der Waals surface area contributed by atoms with Crippen LogP contribution < -0.4 is 15.4 Å². The molecule has 174 valence electrons. The van der Waals surface area contributed by atoms with Crippen molar-refractivity contribution in [1.82, 2.24) is 10.0 Å². The Bertz CT molecular complexity index is 1040. The zero-order valence-corrected chi connectivity index (χ0v) is 19.7. The summed E-state index contributed by atoms with van der Waals surface area (Å²) in [7, 11) is -2.64. The van der Waals surface area contributed by atoms with Crippen molar-refractivity contribution in [3.05, 3.63) is 59.2 Å². The maximum Gasteiger partial charge on any atom is 0.323 e. The van der Waals surface area contributed by atoms with E-state index in [0.717, 1.165) is 22.4 Å². The molecule has 8 nitrogen and oxygen atoms in total. The summed E-state index contributed by atoms with van der Waals surface area (Å²) >= 11 is 0. The molecule has 0 radical (unpaired) electrons. The van der Waals surface area contributed by atoms with E-state index in [9.17, 15) is 18.0 Å². The summed E-state index contributed by atoms with van der Waals surface area (Å²) < 4.78 is 32.4. The van der Waals surface area contributed by atoms with E-state index >= 15 is 0 Å². The van der Waals surface area contributed by atoms with Crippen LogP contribution in [0.1, 0.15) is 36.0 Å². The summed E-state index contributed by atoms with van der Waals surface area (Å²) in [6.45, 7) is 6.11. The number of sulfonamides is 1. The summed E-state index contributed by atoms with van der Waals surface area (Å²) in [5, 5.41) is 5.58. The number of nitrogens with one attached hydrogen (secondary N) is 3. The number of carbonyl (C=O) groups is 2. The van der Waals surface area contributed by atoms with Gasteiger partial charge in [0.05, 0.1) is 12.0 Å². The van der Waals surface area contributed by atoms with Crippen LogP contribution in [0, 0.1) is 20.8 Å². The highest BCUT2D eigenvalue weighted by Gasteiger charge is 2.26. The molecule has 2 rings (SSSR count). The van der Waals surface area contributed by atoms with Crippen LogP contribution in [0.4, 0.5) is 10.5 Å². The SMILES string of the molecule is COC(=O)C(CCCCNC(=O)Nc1cc(C)ccc1C)NS(=O)(=O)c1ccc(C)cc1. The molecule has 0 fully saturated rings. The lowest BCUT2D eigenvalue weighted by molar-refractivity contribution is -0.142. The second-order valence-corrected chi connectivity index (χ2v) is 9.42. The summed E-state index contributed by atoms with van der Waals surface area (Å²) in [5.74, 6) is -0.652. The number of unbranched alkanes of at least 4 members (excludes halogenated alkanes) is 1. The fraction of sp³-hybridized carbons (Fsp3) is 0.391. The highest BCUT2D eigenvalue weighted by molar-refractivity contribution is 7.89. The standard InChI is InChI=1S/C23H31N3O5S/c1-16-9-12-19(13-10-16)32(29,30)26-20(22(27)31-4)7-5-6-14-24-23(28)25-21-15-17(2)8-11-18(21)3/h8-13,15,20,26H,5-7,14H2,1-4H3,(H2,24,25,28). The normalized spacial score (nSPS) is 12.1. The van der Waals surface area contributed by atoms with Gasteiger partial charge in [0.1, 0.15) is 6.04 Å². The molecule has 2 aromatic carbocycles. The number of amides is 2. The summed E-state index contributed by atoms with van der Waals surface area (Å²) in [5.41, 5.74) is 3.70. The molecular formula is C23H31N3O5S. The van der Waals surface area contributed by atoms with Crippen molar-refractivity contribution in [2.24, 2.45) is 0 Å². The Labute approximate surface area is 189 Å². The van der Waals surface area contributed by atoms with Crippen molar-refractivity contribution in [3.63, 3.8) is 0 Å². The van der Waals surface area contributed by atoms with Gasteiger partial charge in [0.2, 0.25) is 10.0 Å². The number of esters is 1. The molecule has 9 heteroatoms. The van der Waals surface area contributed by atoms with Crippen molar-refractivity contribution in [2.45, 2.75) is 51.0 Å². The zero-order valence-electron chi connectivity index (χ0n) is 18.9. The number of hydrogen-bond donors (Lipinski definition) is 3. The monoisotopic (exact) mass is 461 g/mol. The van der Waals surface area contributed by atoms with Crippen molar-refractivity contribution >= 4 is 27.7 Å². The number of benzene rings is 2. The highest BCUT2D eigenvalue weighted by Crippen LogP contribution is 2.16. The number of aryl methyl sites for hydroxylation is 3. The Hall–Kier alpha value is -2.91. The van der Waals surface area contributed by atoms with Crippen molar-refractivity contribution in [1.29, 1.82) is 0 Å². The van der Waals surface area contributed by atoms with Crippen LogP contribution in [0.25, 0.3) is 0 Å². The molecule has 0 bridgehead atoms. The summed E-state index contributed by atoms with van der Waals surface area (Å²) in [6, 6.07) is 10.9. The van der Waals surface area contributed by atoms with E-state index in [1.54, 1.807) is 12.1 Å². The van der Waals surface area contributed by atoms with E-state index in [1.165, 1.54) is 19.2 Å². The van der Waals surface area contributed by atoms with Crippen LogP contribution in [0.15, 0.2) is 47.4 Å². The van der Waals surface area contributed by atoms with Crippen molar-refractivity contribution in [2.75, 3.05) is 19.0 Å². The first-order valence-electron chi connectivity index (χ1n) is 10.4. The molecule has 0 saturated heterocycles. The lowest BCUT2D eigenvalue weighted by Gasteiger charge is -2.17. The third-order valence-electron chi connectivity index (χ3n) is 4.96. The first-order valence-corrected chi connectivity index (χ1v) is 11.9. The van der Waals surface area contributed by atoms with Gasteiger partial charge in [-0.25, -0.2) is 13.2 Å². The molecule has 0 aliphatic heterocycles. The summed E-state index contributed by atoms with van der Waals surface area (Å²) in [4.78, 5) is 24.3. The van der Waals surface area contributed by atoms with Gasteiger partial charge in [0.25, 0.3) is 0 Å². The maximum atomic E-state index is 12.6. The lowest BCUT2D eigenvalue weighted by Crippen LogP contribution is -2.41. The molecule has 0 spiro atoms. The van der Waals surface area contributed by atoms with Gasteiger partial charge in [-0.3, -0.25) is 4.79 Å². The second-order valence-electron chi connectivity index (χ2n) is 7.71.